The molecule has 4 bridgehead atoms. The Labute approximate surface area is 111 Å². The molecule has 6 aliphatic carbocycles. The van der Waals surface area contributed by atoms with Gasteiger partial charge in [-0.1, -0.05) is 0 Å². The Balaban J connectivity index is 1.46. The van der Waals surface area contributed by atoms with Gasteiger partial charge in [-0.15, -0.1) is 0 Å². The lowest BCUT2D eigenvalue weighted by atomic mass is 9.41. The van der Waals surface area contributed by atoms with E-state index < -0.39 is 10.1 Å². The second-order valence-electron chi connectivity index (χ2n) is 7.20. The van der Waals surface area contributed by atoms with Crippen molar-refractivity contribution >= 4 is 10.1 Å². The van der Waals surface area contributed by atoms with Gasteiger partial charge in [0.25, 0.3) is 10.1 Å². The van der Waals surface area contributed by atoms with Crippen molar-refractivity contribution in [3.63, 3.8) is 0 Å². The molecule has 7 fully saturated rings. The second kappa shape index (κ2) is 2.63. The van der Waals surface area contributed by atoms with Crippen LogP contribution in [0.2, 0.25) is 0 Å². The normalized spacial score (nSPS) is 64.8. The molecule has 5 nitrogen and oxygen atoms in total. The molecule has 1 saturated heterocycles. The quantitative estimate of drug-likeness (QED) is 0.672. The van der Waals surface area contributed by atoms with Gasteiger partial charge in [-0.2, -0.15) is 8.42 Å². The molecule has 1 heterocycles. The summed E-state index contributed by atoms with van der Waals surface area (Å²) in [5, 5.41) is 0. The highest BCUT2D eigenvalue weighted by atomic mass is 32.2. The summed E-state index contributed by atoms with van der Waals surface area (Å²) in [5.41, 5.74) is 0. The molecule has 0 aromatic rings. The first-order chi connectivity index (χ1) is 9.05. The Hall–Kier alpha value is -0.170. The van der Waals surface area contributed by atoms with Crippen molar-refractivity contribution in [3.8, 4) is 0 Å². The molecular formula is C13H16O5S. The lowest BCUT2D eigenvalue weighted by molar-refractivity contribution is -0.228. The van der Waals surface area contributed by atoms with Crippen LogP contribution < -0.4 is 0 Å². The average molecular weight is 284 g/mol. The van der Waals surface area contributed by atoms with Crippen LogP contribution in [0, 0.1) is 47.3 Å². The summed E-state index contributed by atoms with van der Waals surface area (Å²) in [5.74, 6) is 4.06. The molecule has 6 saturated carbocycles. The number of ether oxygens (including phenoxy) is 2. The maximum Gasteiger partial charge on any atom is 0.264 e. The zero-order valence-electron chi connectivity index (χ0n) is 10.6. The Kier molecular flexibility index (Phi) is 1.46. The number of hydrogen-bond donors (Lipinski definition) is 0. The van der Waals surface area contributed by atoms with E-state index in [4.69, 9.17) is 13.7 Å². The van der Waals surface area contributed by atoms with Gasteiger partial charge < -0.3 is 9.47 Å². The topological polar surface area (TPSA) is 61.8 Å². The molecule has 9 atom stereocenters. The fraction of sp³-hybridized carbons (Fsp3) is 1.00. The van der Waals surface area contributed by atoms with E-state index >= 15 is 0 Å². The molecule has 0 aromatic carbocycles. The van der Waals surface area contributed by atoms with Crippen LogP contribution in [0.25, 0.3) is 0 Å². The van der Waals surface area contributed by atoms with E-state index in [0.29, 0.717) is 54.6 Å². The van der Waals surface area contributed by atoms with Gasteiger partial charge in [0, 0.05) is 11.8 Å². The molecule has 0 N–H and O–H groups in total. The van der Waals surface area contributed by atoms with Crippen LogP contribution in [0.3, 0.4) is 0 Å². The molecule has 7 rings (SSSR count). The van der Waals surface area contributed by atoms with E-state index in [-0.39, 0.29) is 11.9 Å². The minimum Gasteiger partial charge on any atom is -0.347 e. The van der Waals surface area contributed by atoms with Crippen LogP contribution in [0.5, 0.6) is 0 Å². The lowest BCUT2D eigenvalue weighted by Crippen LogP contribution is -2.61. The SMILES string of the molecule is CS(=O)(=O)OC1C2C3C4C1C1C2C3C4C12OCCO2. The van der Waals surface area contributed by atoms with E-state index in [1.54, 1.807) is 0 Å². The fourth-order valence-corrected chi connectivity index (χ4v) is 7.93. The van der Waals surface area contributed by atoms with Gasteiger partial charge in [0.15, 0.2) is 5.79 Å². The molecule has 6 heteroatoms. The average Bonchev–Trinajstić information content (AvgIpc) is 2.95. The minimum atomic E-state index is -3.36. The van der Waals surface area contributed by atoms with E-state index in [1.807, 2.05) is 0 Å². The third-order valence-electron chi connectivity index (χ3n) is 7.04. The third kappa shape index (κ3) is 0.820. The monoisotopic (exact) mass is 284 g/mol. The van der Waals surface area contributed by atoms with Crippen LogP contribution in [0.4, 0.5) is 0 Å². The predicted octanol–water partition coefficient (Wildman–Crippen LogP) is 0.0719. The van der Waals surface area contributed by atoms with Gasteiger partial charge in [-0.25, -0.2) is 0 Å². The second-order valence-corrected chi connectivity index (χ2v) is 8.80. The van der Waals surface area contributed by atoms with Crippen molar-refractivity contribution in [2.24, 2.45) is 47.3 Å². The molecule has 9 unspecified atom stereocenters. The van der Waals surface area contributed by atoms with Crippen LogP contribution in [-0.2, 0) is 23.8 Å². The summed E-state index contributed by atoms with van der Waals surface area (Å²) in [4.78, 5) is 0. The van der Waals surface area contributed by atoms with Crippen LogP contribution in [0.1, 0.15) is 0 Å². The Bertz CT molecular complexity index is 594. The highest BCUT2D eigenvalue weighted by Gasteiger charge is 2.95. The van der Waals surface area contributed by atoms with Gasteiger partial charge in [0.05, 0.1) is 25.6 Å². The lowest BCUT2D eigenvalue weighted by Gasteiger charge is -2.62. The van der Waals surface area contributed by atoms with Gasteiger partial charge in [-0.05, 0) is 35.5 Å². The molecule has 104 valence electrons. The third-order valence-corrected chi connectivity index (χ3v) is 7.61. The van der Waals surface area contributed by atoms with Crippen LogP contribution in [0.15, 0.2) is 0 Å². The zero-order chi connectivity index (χ0) is 12.7. The molecule has 1 spiro atoms. The van der Waals surface area contributed by atoms with Gasteiger partial charge in [0.2, 0.25) is 0 Å². The van der Waals surface area contributed by atoms with Crippen molar-refractivity contribution < 1.29 is 22.1 Å². The molecule has 0 radical (unpaired) electrons. The van der Waals surface area contributed by atoms with E-state index in [1.165, 1.54) is 6.26 Å². The molecule has 0 aromatic heterocycles. The van der Waals surface area contributed by atoms with E-state index in [0.717, 1.165) is 5.92 Å². The first-order valence-corrected chi connectivity index (χ1v) is 9.02. The minimum absolute atomic E-state index is 0.0894. The highest BCUT2D eigenvalue weighted by molar-refractivity contribution is 7.86. The van der Waals surface area contributed by atoms with Crippen molar-refractivity contribution in [1.29, 1.82) is 0 Å². The Morgan fingerprint density at radius 2 is 1.53 bits per heavy atom. The standard InChI is InChI=1S/C13H16O5S/c1-19(14,15)18-12-8-4-5-7(8)11-9(12)6(4)10(5)13(11)16-2-3-17-13/h4-12H,2-3H2,1H3. The molecule has 1 aliphatic heterocycles. The molecule has 7 aliphatic rings. The maximum atomic E-state index is 11.5. The summed E-state index contributed by atoms with van der Waals surface area (Å²) in [7, 11) is -3.36. The first kappa shape index (κ1) is 10.5. The van der Waals surface area contributed by atoms with Crippen molar-refractivity contribution in [1.82, 2.24) is 0 Å². The Morgan fingerprint density at radius 1 is 0.947 bits per heavy atom. The van der Waals surface area contributed by atoms with E-state index in [9.17, 15) is 8.42 Å². The van der Waals surface area contributed by atoms with Crippen molar-refractivity contribution in [2.75, 3.05) is 19.5 Å². The van der Waals surface area contributed by atoms with Crippen LogP contribution >= 0.6 is 0 Å². The highest BCUT2D eigenvalue weighted by Crippen LogP contribution is 2.91. The maximum absolute atomic E-state index is 11.5. The predicted molar refractivity (Wildman–Crippen MR) is 62.3 cm³/mol. The number of hydrogen-bond acceptors (Lipinski definition) is 5. The van der Waals surface area contributed by atoms with E-state index in [2.05, 4.69) is 0 Å². The largest absolute Gasteiger partial charge is 0.347 e. The zero-order valence-corrected chi connectivity index (χ0v) is 11.4. The Morgan fingerprint density at radius 3 is 2.16 bits per heavy atom. The smallest absolute Gasteiger partial charge is 0.264 e. The summed E-state index contributed by atoms with van der Waals surface area (Å²) in [6, 6.07) is 0. The summed E-state index contributed by atoms with van der Waals surface area (Å²) >= 11 is 0. The molecule has 19 heavy (non-hydrogen) atoms. The van der Waals surface area contributed by atoms with Crippen LogP contribution in [-0.4, -0.2) is 39.8 Å². The first-order valence-electron chi connectivity index (χ1n) is 7.21. The van der Waals surface area contributed by atoms with Crippen molar-refractivity contribution in [3.05, 3.63) is 0 Å². The molecular weight excluding hydrogens is 268 g/mol. The molecule has 0 amide bonds. The van der Waals surface area contributed by atoms with Gasteiger partial charge in [0.1, 0.15) is 0 Å². The summed E-state index contributed by atoms with van der Waals surface area (Å²) in [6.07, 6.45) is 1.08. The van der Waals surface area contributed by atoms with Crippen molar-refractivity contribution in [2.45, 2.75) is 11.9 Å². The summed E-state index contributed by atoms with van der Waals surface area (Å²) in [6.45, 7) is 1.39. The van der Waals surface area contributed by atoms with Gasteiger partial charge in [-0.3, -0.25) is 4.18 Å². The fourth-order valence-electron chi connectivity index (χ4n) is 7.27. The number of rotatable bonds is 2. The van der Waals surface area contributed by atoms with Gasteiger partial charge >= 0.3 is 0 Å². The summed E-state index contributed by atoms with van der Waals surface area (Å²) < 4.78 is 40.5.